The minimum Gasteiger partial charge on any atom is -0.378 e. The highest BCUT2D eigenvalue weighted by atomic mass is 35.5. The van der Waals surface area contributed by atoms with E-state index in [1.54, 1.807) is 0 Å². The summed E-state index contributed by atoms with van der Waals surface area (Å²) in [5.41, 5.74) is 6.44. The van der Waals surface area contributed by atoms with Crippen LogP contribution in [0, 0.1) is 13.8 Å². The Hall–Kier alpha value is -1.51. The normalized spacial score (nSPS) is 17.0. The number of hydrogen-bond acceptors (Lipinski definition) is 2. The van der Waals surface area contributed by atoms with Crippen molar-refractivity contribution in [3.05, 3.63) is 63.7 Å². The van der Waals surface area contributed by atoms with Crippen LogP contribution in [-0.2, 0) is 0 Å². The molecule has 1 aliphatic rings. The van der Waals surface area contributed by atoms with Crippen molar-refractivity contribution in [3.8, 4) is 0 Å². The van der Waals surface area contributed by atoms with E-state index in [0.717, 1.165) is 17.0 Å². The van der Waals surface area contributed by atoms with Gasteiger partial charge in [0.2, 0.25) is 0 Å². The van der Waals surface area contributed by atoms with E-state index in [1.165, 1.54) is 41.9 Å². The highest BCUT2D eigenvalue weighted by molar-refractivity contribution is 6.31. The zero-order valence-electron chi connectivity index (χ0n) is 15.8. The molecule has 3 rings (SSSR count). The summed E-state index contributed by atoms with van der Waals surface area (Å²) in [4.78, 5) is 2.55. The first-order valence-corrected chi connectivity index (χ1v) is 9.74. The van der Waals surface area contributed by atoms with Gasteiger partial charge in [0.05, 0.1) is 6.04 Å². The van der Waals surface area contributed by atoms with Crippen LogP contribution >= 0.6 is 11.6 Å². The van der Waals surface area contributed by atoms with Crippen molar-refractivity contribution in [2.24, 2.45) is 0 Å². The molecule has 2 nitrogen and oxygen atoms in total. The molecular weight excluding hydrogens is 328 g/mol. The van der Waals surface area contributed by atoms with Crippen LogP contribution in [0.25, 0.3) is 0 Å². The third-order valence-corrected chi connectivity index (χ3v) is 5.93. The second-order valence-electron chi connectivity index (χ2n) is 7.25. The van der Waals surface area contributed by atoms with Crippen molar-refractivity contribution in [2.75, 3.05) is 18.4 Å². The Morgan fingerprint density at radius 1 is 1.08 bits per heavy atom. The first kappa shape index (κ1) is 18.3. The van der Waals surface area contributed by atoms with Crippen molar-refractivity contribution < 1.29 is 0 Å². The van der Waals surface area contributed by atoms with Gasteiger partial charge in [-0.1, -0.05) is 36.7 Å². The van der Waals surface area contributed by atoms with E-state index in [-0.39, 0.29) is 0 Å². The van der Waals surface area contributed by atoms with Gasteiger partial charge in [0.15, 0.2) is 0 Å². The molecule has 134 valence electrons. The van der Waals surface area contributed by atoms with Gasteiger partial charge in [-0.25, -0.2) is 0 Å². The molecule has 25 heavy (non-hydrogen) atoms. The summed E-state index contributed by atoms with van der Waals surface area (Å²) >= 11 is 6.19. The quantitative estimate of drug-likeness (QED) is 0.654. The van der Waals surface area contributed by atoms with Crippen molar-refractivity contribution in [1.82, 2.24) is 4.90 Å². The Labute approximate surface area is 157 Å². The molecule has 2 atom stereocenters. The lowest BCUT2D eigenvalue weighted by atomic mass is 9.97. The monoisotopic (exact) mass is 356 g/mol. The number of nitrogens with zero attached hydrogens (tertiary/aromatic N) is 1. The molecule has 0 amide bonds. The third kappa shape index (κ3) is 4.02. The van der Waals surface area contributed by atoms with Gasteiger partial charge in [-0.2, -0.15) is 0 Å². The molecule has 0 saturated carbocycles. The maximum Gasteiger partial charge on any atom is 0.0511 e. The number of anilines is 1. The molecule has 1 aliphatic heterocycles. The average Bonchev–Trinajstić information content (AvgIpc) is 2.55. The minimum absolute atomic E-state index is 0.297. The van der Waals surface area contributed by atoms with E-state index < -0.39 is 0 Å². The fourth-order valence-corrected chi connectivity index (χ4v) is 3.73. The molecule has 2 aromatic rings. The van der Waals surface area contributed by atoms with Gasteiger partial charge in [-0.15, -0.1) is 0 Å². The first-order valence-electron chi connectivity index (χ1n) is 9.36. The molecule has 0 spiro atoms. The summed E-state index contributed by atoms with van der Waals surface area (Å²) in [5.74, 6) is 0. The van der Waals surface area contributed by atoms with Crippen LogP contribution in [0.1, 0.15) is 61.0 Å². The number of halogens is 1. The molecule has 0 radical (unpaired) electrons. The molecule has 1 fully saturated rings. The minimum atomic E-state index is 0.297. The highest BCUT2D eigenvalue weighted by Crippen LogP contribution is 2.31. The SMILES string of the molecule is CCC(Nc1ccc(C)c(C(C)N2CCC2)c1)c1ccc(Cl)c(C)c1. The maximum absolute atomic E-state index is 6.19. The Morgan fingerprint density at radius 2 is 1.84 bits per heavy atom. The third-order valence-electron chi connectivity index (χ3n) is 5.50. The summed E-state index contributed by atoms with van der Waals surface area (Å²) < 4.78 is 0. The number of hydrogen-bond donors (Lipinski definition) is 1. The van der Waals surface area contributed by atoms with Gasteiger partial charge in [0.25, 0.3) is 0 Å². The van der Waals surface area contributed by atoms with Gasteiger partial charge < -0.3 is 5.32 Å². The van der Waals surface area contributed by atoms with Crippen LogP contribution in [0.5, 0.6) is 0 Å². The summed E-state index contributed by atoms with van der Waals surface area (Å²) in [6, 6.07) is 13.9. The molecule has 0 bridgehead atoms. The predicted octanol–water partition coefficient (Wildman–Crippen LogP) is 6.29. The van der Waals surface area contributed by atoms with Gasteiger partial charge in [0.1, 0.15) is 0 Å². The number of aryl methyl sites for hydroxylation is 2. The number of benzene rings is 2. The molecule has 2 unspecified atom stereocenters. The smallest absolute Gasteiger partial charge is 0.0511 e. The van der Waals surface area contributed by atoms with Crippen LogP contribution in [0.3, 0.4) is 0 Å². The lowest BCUT2D eigenvalue weighted by Gasteiger charge is -2.37. The lowest BCUT2D eigenvalue weighted by molar-refractivity contribution is 0.128. The maximum atomic E-state index is 6.19. The van der Waals surface area contributed by atoms with Crippen LogP contribution in [0.4, 0.5) is 5.69 Å². The van der Waals surface area contributed by atoms with Gasteiger partial charge in [-0.05, 0) is 87.2 Å². The number of likely N-dealkylation sites (tertiary alicyclic amines) is 1. The Bertz CT molecular complexity index is 737. The van der Waals surface area contributed by atoms with Crippen molar-refractivity contribution in [2.45, 2.75) is 52.6 Å². The van der Waals surface area contributed by atoms with Crippen LogP contribution in [0.15, 0.2) is 36.4 Å². The second kappa shape index (κ2) is 7.80. The van der Waals surface area contributed by atoms with Gasteiger partial charge >= 0.3 is 0 Å². The molecule has 1 saturated heterocycles. The molecule has 0 aliphatic carbocycles. The lowest BCUT2D eigenvalue weighted by Crippen LogP contribution is -2.39. The van der Waals surface area contributed by atoms with Crippen molar-refractivity contribution in [1.29, 1.82) is 0 Å². The molecular formula is C22H29ClN2. The predicted molar refractivity (Wildman–Crippen MR) is 109 cm³/mol. The zero-order chi connectivity index (χ0) is 18.0. The fraction of sp³-hybridized carbons (Fsp3) is 0.455. The van der Waals surface area contributed by atoms with E-state index in [2.05, 4.69) is 68.2 Å². The summed E-state index contributed by atoms with van der Waals surface area (Å²) in [5, 5.41) is 4.56. The molecule has 2 aromatic carbocycles. The Morgan fingerprint density at radius 3 is 2.44 bits per heavy atom. The van der Waals surface area contributed by atoms with Gasteiger partial charge in [0, 0.05) is 16.8 Å². The van der Waals surface area contributed by atoms with E-state index in [0.29, 0.717) is 12.1 Å². The summed E-state index contributed by atoms with van der Waals surface area (Å²) in [7, 11) is 0. The summed E-state index contributed by atoms with van der Waals surface area (Å²) in [6.07, 6.45) is 2.36. The Kier molecular flexibility index (Phi) is 5.71. The van der Waals surface area contributed by atoms with E-state index in [4.69, 9.17) is 11.6 Å². The summed E-state index contributed by atoms with van der Waals surface area (Å²) in [6.45, 7) is 11.3. The largest absolute Gasteiger partial charge is 0.378 e. The van der Waals surface area contributed by atoms with E-state index in [1.807, 2.05) is 6.07 Å². The van der Waals surface area contributed by atoms with Crippen LogP contribution in [-0.4, -0.2) is 18.0 Å². The van der Waals surface area contributed by atoms with Gasteiger partial charge in [-0.3, -0.25) is 4.90 Å². The second-order valence-corrected chi connectivity index (χ2v) is 7.66. The standard InChI is InChI=1S/C22H29ClN2/c1-5-22(18-8-10-21(23)16(3)13-18)24-19-9-7-15(2)20(14-19)17(4)25-11-6-12-25/h7-10,13-14,17,22,24H,5-6,11-12H2,1-4H3. The molecule has 1 heterocycles. The molecule has 0 aromatic heterocycles. The van der Waals surface area contributed by atoms with Crippen molar-refractivity contribution >= 4 is 17.3 Å². The highest BCUT2D eigenvalue weighted by Gasteiger charge is 2.23. The molecule has 3 heteroatoms. The fourth-order valence-electron chi connectivity index (χ4n) is 3.61. The van der Waals surface area contributed by atoms with Crippen molar-refractivity contribution in [3.63, 3.8) is 0 Å². The van der Waals surface area contributed by atoms with Crippen LogP contribution in [0.2, 0.25) is 5.02 Å². The Balaban J connectivity index is 1.81. The number of rotatable bonds is 6. The molecule has 1 N–H and O–H groups in total. The zero-order valence-corrected chi connectivity index (χ0v) is 16.5. The average molecular weight is 357 g/mol. The van der Waals surface area contributed by atoms with E-state index >= 15 is 0 Å². The number of nitrogens with one attached hydrogen (secondary N) is 1. The topological polar surface area (TPSA) is 15.3 Å². The van der Waals surface area contributed by atoms with E-state index in [9.17, 15) is 0 Å². The first-order chi connectivity index (χ1) is 12.0. The van der Waals surface area contributed by atoms with Crippen LogP contribution < -0.4 is 5.32 Å².